The lowest BCUT2D eigenvalue weighted by atomic mass is 10.0. The van der Waals surface area contributed by atoms with Crippen LogP contribution in [0.15, 0.2) is 133 Å². The minimum absolute atomic E-state index is 0.176. The van der Waals surface area contributed by atoms with Crippen LogP contribution in [0.1, 0.15) is 34.4 Å². The molecule has 3 N–H and O–H groups in total. The number of anilines is 3. The maximum absolute atomic E-state index is 15.5. The van der Waals surface area contributed by atoms with Crippen molar-refractivity contribution in [1.29, 1.82) is 0 Å². The van der Waals surface area contributed by atoms with Crippen LogP contribution in [0.3, 0.4) is 0 Å². The van der Waals surface area contributed by atoms with Crippen LogP contribution in [-0.2, 0) is 9.47 Å². The smallest absolute Gasteiger partial charge is 0.324 e. The van der Waals surface area contributed by atoms with E-state index in [1.807, 2.05) is 93.1 Å². The number of hydrogen-bond acceptors (Lipinski definition) is 14. The Morgan fingerprint density at radius 1 is 0.602 bits per heavy atom. The number of benzene rings is 2. The molecule has 2 aromatic carbocycles. The van der Waals surface area contributed by atoms with Crippen molar-refractivity contribution in [2.75, 3.05) is 58.2 Å². The fourth-order valence-electron chi connectivity index (χ4n) is 9.48. The van der Waals surface area contributed by atoms with E-state index in [-0.39, 0.29) is 21.8 Å². The molecule has 0 bridgehead atoms. The van der Waals surface area contributed by atoms with Gasteiger partial charge in [-0.15, -0.1) is 0 Å². The molecular weight excluding hydrogens is 1130 g/mol. The van der Waals surface area contributed by atoms with Gasteiger partial charge in [0.25, 0.3) is 0 Å². The number of nitrogen functional groups attached to an aromatic ring is 1. The van der Waals surface area contributed by atoms with Crippen molar-refractivity contribution in [1.82, 2.24) is 39.9 Å². The van der Waals surface area contributed by atoms with Crippen molar-refractivity contribution in [2.45, 2.75) is 34.1 Å². The molecule has 0 atom stereocenters. The van der Waals surface area contributed by atoms with Gasteiger partial charge in [0.05, 0.1) is 114 Å². The van der Waals surface area contributed by atoms with Crippen LogP contribution < -0.4 is 20.5 Å². The van der Waals surface area contributed by atoms with Gasteiger partial charge in [0.2, 0.25) is 11.8 Å². The number of aromatic nitrogens is 8. The highest BCUT2D eigenvalue weighted by Crippen LogP contribution is 2.41. The average Bonchev–Trinajstić information content (AvgIpc) is 3.63. The molecule has 2 aliphatic rings. The van der Waals surface area contributed by atoms with Gasteiger partial charge in [-0.3, -0.25) is 15.0 Å². The molecule has 0 spiro atoms. The summed E-state index contributed by atoms with van der Waals surface area (Å²) in [7, 11) is 3.15. The van der Waals surface area contributed by atoms with Crippen LogP contribution in [-0.4, -0.2) is 97.9 Å². The molecule has 0 saturated heterocycles. The summed E-state index contributed by atoms with van der Waals surface area (Å²) in [5.41, 5.74) is 19.7. The summed E-state index contributed by atoms with van der Waals surface area (Å²) in [6, 6.07) is 22.9. The van der Waals surface area contributed by atoms with Gasteiger partial charge in [0, 0.05) is 99.8 Å². The van der Waals surface area contributed by atoms with Gasteiger partial charge in [0.1, 0.15) is 42.6 Å². The number of nitrogens with one attached hydrogen (secondary N) is 1. The minimum atomic E-state index is -0.717. The lowest BCUT2D eigenvalue weighted by Crippen LogP contribution is -2.23. The van der Waals surface area contributed by atoms with Crippen LogP contribution >= 0.6 is 15.9 Å². The zero-order valence-electron chi connectivity index (χ0n) is 46.1. The number of halogens is 5. The van der Waals surface area contributed by atoms with Crippen LogP contribution in [0.5, 0.6) is 11.8 Å². The summed E-state index contributed by atoms with van der Waals surface area (Å²) < 4.78 is 80.9. The highest BCUT2D eigenvalue weighted by atomic mass is 79.9. The lowest BCUT2D eigenvalue weighted by molar-refractivity contribution is -0.454. The first-order valence-electron chi connectivity index (χ1n) is 26.2. The van der Waals surface area contributed by atoms with Gasteiger partial charge in [-0.1, -0.05) is 6.08 Å². The molecule has 420 valence electrons. The van der Waals surface area contributed by atoms with Crippen LogP contribution in [0.2, 0.25) is 0 Å². The Balaban J connectivity index is 0.000000154. The largest absolute Gasteiger partial charge is 0.481 e. The van der Waals surface area contributed by atoms with E-state index in [1.165, 1.54) is 17.7 Å². The molecule has 10 heterocycles. The van der Waals surface area contributed by atoms with Crippen LogP contribution in [0, 0.1) is 51.0 Å². The Morgan fingerprint density at radius 3 is 1.75 bits per heavy atom. The Labute approximate surface area is 484 Å². The highest BCUT2D eigenvalue weighted by Gasteiger charge is 2.24. The third kappa shape index (κ3) is 12.8. The predicted octanol–water partition coefficient (Wildman–Crippen LogP) is 13.6. The standard InChI is InChI=1S/C31H27F2N6O2.C16H11BrF2N2.C16H17N3O2/c1-18-6-7-34-26(12-18)30-19(2)31(29-23(33)13-21(32)14-25(29)38-30)37-24-15-27(39-8-10-41-11-9-39)35-17-22(24)20-4-5-28(40-3)36-16-20;1-8-3-4-20-13(5-8)16-9(2)15(17)14-11(19)6-10(18)7-12(14)21-16;1-20-16-3-2-12(9-19-16)13-10-18-15(8-14(13)17)11-4-6-21-7-5-11/h4-8,12-17H,9-11H2,1-3H3,(H,35,37,38);3-7H,1-2H3;2-4,8-10H,5-7H2,1H3,(H2,17,18)/q+1;;. The number of ether oxygens (including phenoxy) is 4. The SMILES string of the molecule is COc1ccc(-c2cnc(C3=CCOCC3)cc2N)cn1.COc1ccc(-c2cnc([N+]3=CCOCC3)cc2Nc2c(C)c(-c3cc(C)ccn3)nc3cc(F)cc(F)c23)cn1.Cc1ccnc(-c2nc3cc(F)cc(F)c3c(Br)c2C)c1. The minimum Gasteiger partial charge on any atom is -0.481 e. The van der Waals surface area contributed by atoms with Crippen molar-refractivity contribution >= 4 is 72.4 Å². The molecule has 0 unspecified atom stereocenters. The average molecular weight is 1190 g/mol. The third-order valence-corrected chi connectivity index (χ3v) is 14.8. The third-order valence-electron chi connectivity index (χ3n) is 13.8. The van der Waals surface area contributed by atoms with Crippen molar-refractivity contribution in [3.63, 3.8) is 0 Å². The predicted molar refractivity (Wildman–Crippen MR) is 317 cm³/mol. The van der Waals surface area contributed by atoms with Crippen molar-refractivity contribution in [3.05, 3.63) is 184 Å². The summed E-state index contributed by atoms with van der Waals surface area (Å²) in [6.45, 7) is 10.7. The Hall–Kier alpha value is -9.11. The quantitative estimate of drug-likeness (QED) is 0.0975. The van der Waals surface area contributed by atoms with Crippen LogP contribution in [0.25, 0.3) is 72.4 Å². The van der Waals surface area contributed by atoms with E-state index in [0.29, 0.717) is 93.8 Å². The molecule has 8 aromatic heterocycles. The summed E-state index contributed by atoms with van der Waals surface area (Å²) >= 11 is 3.39. The molecule has 20 heteroatoms. The second-order valence-corrected chi connectivity index (χ2v) is 20.2. The van der Waals surface area contributed by atoms with Gasteiger partial charge in [-0.05, 0) is 120 Å². The van der Waals surface area contributed by atoms with E-state index in [2.05, 4.69) is 62.2 Å². The van der Waals surface area contributed by atoms with E-state index in [4.69, 9.17) is 29.7 Å². The number of methoxy groups -OCH3 is 2. The normalized spacial score (nSPS) is 13.0. The fourth-order valence-corrected chi connectivity index (χ4v) is 10.1. The van der Waals surface area contributed by atoms with Crippen molar-refractivity contribution < 1.29 is 41.1 Å². The van der Waals surface area contributed by atoms with Gasteiger partial charge in [-0.25, -0.2) is 42.1 Å². The first-order chi connectivity index (χ1) is 40.2. The summed E-state index contributed by atoms with van der Waals surface area (Å²) in [5.74, 6) is -0.947. The lowest BCUT2D eigenvalue weighted by Gasteiger charge is -2.19. The van der Waals surface area contributed by atoms with Gasteiger partial charge in [0.15, 0.2) is 0 Å². The van der Waals surface area contributed by atoms with Crippen molar-refractivity contribution in [2.24, 2.45) is 0 Å². The first kappa shape index (κ1) is 57.1. The Bertz CT molecular complexity index is 4130. The molecule has 0 saturated carbocycles. The first-order valence-corrected chi connectivity index (χ1v) is 27.0. The molecule has 10 aromatic rings. The zero-order chi connectivity index (χ0) is 58.3. The zero-order valence-corrected chi connectivity index (χ0v) is 47.7. The molecule has 0 aliphatic carbocycles. The number of nitrogens with two attached hydrogens (primary N) is 1. The van der Waals surface area contributed by atoms with E-state index in [9.17, 15) is 13.2 Å². The maximum atomic E-state index is 15.5. The molecule has 0 amide bonds. The van der Waals surface area contributed by atoms with Crippen LogP contribution in [0.4, 0.5) is 40.4 Å². The maximum Gasteiger partial charge on any atom is 0.324 e. The topological polar surface area (TPSA) is 181 Å². The molecule has 83 heavy (non-hydrogen) atoms. The monoisotopic (exact) mass is 1180 g/mol. The fraction of sp³-hybridized carbons (Fsp3) is 0.190. The summed E-state index contributed by atoms with van der Waals surface area (Å²) in [6.07, 6.45) is 15.2. The Kier molecular flexibility index (Phi) is 17.5. The van der Waals surface area contributed by atoms with E-state index in [0.717, 1.165) is 69.8 Å². The van der Waals surface area contributed by atoms with Gasteiger partial charge < -0.3 is 30.0 Å². The van der Waals surface area contributed by atoms with Crippen molar-refractivity contribution in [3.8, 4) is 56.8 Å². The second kappa shape index (κ2) is 25.4. The number of nitrogens with zero attached hydrogens (tertiary/aromatic N) is 9. The second-order valence-electron chi connectivity index (χ2n) is 19.4. The molecule has 2 aliphatic heterocycles. The molecule has 15 nitrogen and oxygen atoms in total. The van der Waals surface area contributed by atoms with E-state index < -0.39 is 23.3 Å². The molecule has 12 rings (SSSR count). The Morgan fingerprint density at radius 2 is 1.19 bits per heavy atom. The number of fused-ring (bicyclic) bond motifs is 2. The number of aryl methyl sites for hydroxylation is 2. The van der Waals surface area contributed by atoms with E-state index in [1.54, 1.807) is 57.5 Å². The van der Waals surface area contributed by atoms with Gasteiger partial charge in [-0.2, -0.15) is 0 Å². The number of hydrogen-bond donors (Lipinski definition) is 2. The van der Waals surface area contributed by atoms with Gasteiger partial charge >= 0.3 is 5.82 Å². The molecular formula is C63H55BrF4N11O4+. The molecule has 0 radical (unpaired) electrons. The summed E-state index contributed by atoms with van der Waals surface area (Å²) in [5, 5.41) is 3.93. The molecule has 0 fully saturated rings. The van der Waals surface area contributed by atoms with E-state index >= 15 is 4.39 Å². The summed E-state index contributed by atoms with van der Waals surface area (Å²) in [4.78, 5) is 35.6. The highest BCUT2D eigenvalue weighted by molar-refractivity contribution is 9.10. The number of rotatable bonds is 10. The number of pyridine rings is 8.